The van der Waals surface area contributed by atoms with Gasteiger partial charge in [0.05, 0.1) is 22.1 Å². The quantitative estimate of drug-likeness (QED) is 0.162. The zero-order valence-electron chi connectivity index (χ0n) is 30.7. The van der Waals surface area contributed by atoms with Crippen LogP contribution in [0.4, 0.5) is 0 Å². The van der Waals surface area contributed by atoms with Crippen molar-refractivity contribution >= 4 is 43.6 Å². The first-order valence-electron chi connectivity index (χ1n) is 19.3. The van der Waals surface area contributed by atoms with Gasteiger partial charge >= 0.3 is 0 Å². The van der Waals surface area contributed by atoms with Crippen LogP contribution in [0.25, 0.3) is 99.5 Å². The topological polar surface area (TPSA) is 9.86 Å². The maximum absolute atomic E-state index is 2.43. The lowest BCUT2D eigenvalue weighted by Gasteiger charge is -2.11. The van der Waals surface area contributed by atoms with Crippen LogP contribution >= 0.6 is 0 Å². The van der Waals surface area contributed by atoms with Crippen LogP contribution in [0.3, 0.4) is 0 Å². The molecule has 0 saturated heterocycles. The second-order valence-electron chi connectivity index (χ2n) is 14.5. The van der Waals surface area contributed by atoms with E-state index in [1.807, 2.05) is 0 Å². The summed E-state index contributed by atoms with van der Waals surface area (Å²) in [4.78, 5) is 0. The highest BCUT2D eigenvalue weighted by molar-refractivity contribution is 6.17. The number of rotatable bonds is 6. The molecule has 0 saturated carbocycles. The number of aromatic nitrogens is 2. The lowest BCUT2D eigenvalue weighted by Crippen LogP contribution is -1.94. The van der Waals surface area contributed by atoms with Gasteiger partial charge in [0.1, 0.15) is 0 Å². The molecular formula is C54H36N2. The highest BCUT2D eigenvalue weighted by atomic mass is 15.0. The summed E-state index contributed by atoms with van der Waals surface area (Å²) >= 11 is 0. The lowest BCUT2D eigenvalue weighted by atomic mass is 9.97. The molecule has 11 aromatic rings. The Morgan fingerprint density at radius 2 is 0.696 bits per heavy atom. The fourth-order valence-electron chi connectivity index (χ4n) is 8.71. The van der Waals surface area contributed by atoms with Gasteiger partial charge in [0.15, 0.2) is 0 Å². The Bertz CT molecular complexity index is 3210. The third-order valence-electron chi connectivity index (χ3n) is 11.3. The molecule has 2 heteroatoms. The Kier molecular flexibility index (Phi) is 7.53. The zero-order chi connectivity index (χ0) is 37.0. The molecule has 0 aliphatic heterocycles. The molecule has 0 radical (unpaired) electrons. The molecule has 56 heavy (non-hydrogen) atoms. The van der Waals surface area contributed by atoms with Crippen molar-refractivity contribution in [1.82, 2.24) is 9.13 Å². The smallest absolute Gasteiger partial charge is 0.0547 e. The van der Waals surface area contributed by atoms with Gasteiger partial charge in [-0.05, 0) is 105 Å². The van der Waals surface area contributed by atoms with Gasteiger partial charge in [-0.15, -0.1) is 0 Å². The predicted molar refractivity (Wildman–Crippen MR) is 237 cm³/mol. The molecular weight excluding hydrogens is 677 g/mol. The first-order valence-corrected chi connectivity index (χ1v) is 19.3. The first kappa shape index (κ1) is 32.0. The minimum atomic E-state index is 1.15. The second kappa shape index (κ2) is 13.2. The van der Waals surface area contributed by atoms with E-state index in [1.54, 1.807) is 0 Å². The Labute approximate surface area is 325 Å². The molecule has 0 spiro atoms. The van der Waals surface area contributed by atoms with E-state index in [1.165, 1.54) is 88.1 Å². The van der Waals surface area contributed by atoms with Crippen molar-refractivity contribution < 1.29 is 0 Å². The molecule has 0 unspecified atom stereocenters. The molecule has 0 aliphatic carbocycles. The lowest BCUT2D eigenvalue weighted by molar-refractivity contribution is 1.18. The van der Waals surface area contributed by atoms with Crippen LogP contribution < -0.4 is 0 Å². The summed E-state index contributed by atoms with van der Waals surface area (Å²) in [5, 5.41) is 5.00. The van der Waals surface area contributed by atoms with Crippen LogP contribution in [0, 0.1) is 0 Å². The fourth-order valence-corrected chi connectivity index (χ4v) is 8.71. The maximum Gasteiger partial charge on any atom is 0.0547 e. The van der Waals surface area contributed by atoms with E-state index in [2.05, 4.69) is 228 Å². The van der Waals surface area contributed by atoms with E-state index in [9.17, 15) is 0 Å². The van der Waals surface area contributed by atoms with Gasteiger partial charge < -0.3 is 9.13 Å². The number of hydrogen-bond donors (Lipinski definition) is 0. The Balaban J connectivity index is 1.09. The number of fused-ring (bicyclic) bond motifs is 6. The van der Waals surface area contributed by atoms with Crippen molar-refractivity contribution in [3.8, 4) is 55.9 Å². The minimum absolute atomic E-state index is 1.15. The van der Waals surface area contributed by atoms with Gasteiger partial charge in [-0.25, -0.2) is 0 Å². The average molecular weight is 713 g/mol. The van der Waals surface area contributed by atoms with Crippen LogP contribution in [0.5, 0.6) is 0 Å². The summed E-state index contributed by atoms with van der Waals surface area (Å²) < 4.78 is 4.84. The molecule has 11 rings (SSSR count). The Morgan fingerprint density at radius 1 is 0.232 bits per heavy atom. The molecule has 2 aromatic heterocycles. The van der Waals surface area contributed by atoms with Crippen molar-refractivity contribution in [2.45, 2.75) is 0 Å². The van der Waals surface area contributed by atoms with Crippen molar-refractivity contribution in [2.75, 3.05) is 0 Å². The van der Waals surface area contributed by atoms with E-state index in [4.69, 9.17) is 0 Å². The van der Waals surface area contributed by atoms with E-state index < -0.39 is 0 Å². The normalized spacial score (nSPS) is 11.6. The van der Waals surface area contributed by atoms with E-state index >= 15 is 0 Å². The zero-order valence-corrected chi connectivity index (χ0v) is 30.7. The van der Waals surface area contributed by atoms with E-state index in [0.717, 1.165) is 11.4 Å². The number of nitrogens with zero attached hydrogens (tertiary/aromatic N) is 2. The van der Waals surface area contributed by atoms with Gasteiger partial charge in [0.2, 0.25) is 0 Å². The maximum atomic E-state index is 2.43. The molecule has 2 heterocycles. The molecule has 2 nitrogen and oxygen atoms in total. The molecule has 0 atom stereocenters. The van der Waals surface area contributed by atoms with E-state index in [0.29, 0.717) is 0 Å². The molecule has 0 aliphatic rings. The highest BCUT2D eigenvalue weighted by Gasteiger charge is 2.19. The van der Waals surface area contributed by atoms with Crippen LogP contribution in [-0.4, -0.2) is 9.13 Å². The summed E-state index contributed by atoms with van der Waals surface area (Å²) in [7, 11) is 0. The molecule has 0 bridgehead atoms. The fraction of sp³-hybridized carbons (Fsp3) is 0. The van der Waals surface area contributed by atoms with Gasteiger partial charge in [0.25, 0.3) is 0 Å². The Hall–Kier alpha value is -7.42. The third kappa shape index (κ3) is 5.26. The molecule has 9 aromatic carbocycles. The van der Waals surface area contributed by atoms with Crippen LogP contribution in [0.1, 0.15) is 0 Å². The summed E-state index contributed by atoms with van der Waals surface area (Å²) in [6.07, 6.45) is 0. The van der Waals surface area contributed by atoms with Crippen LogP contribution in [0.15, 0.2) is 218 Å². The number of para-hydroxylation sites is 1. The summed E-state index contributed by atoms with van der Waals surface area (Å²) in [5.41, 5.74) is 16.8. The van der Waals surface area contributed by atoms with Crippen molar-refractivity contribution in [3.63, 3.8) is 0 Å². The summed E-state index contributed by atoms with van der Waals surface area (Å²) in [6.45, 7) is 0. The molecule has 0 fully saturated rings. The van der Waals surface area contributed by atoms with Crippen molar-refractivity contribution in [1.29, 1.82) is 0 Å². The largest absolute Gasteiger partial charge is 0.309 e. The highest BCUT2D eigenvalue weighted by Crippen LogP contribution is 2.42. The Morgan fingerprint density at radius 3 is 1.41 bits per heavy atom. The standard InChI is InChI=1S/C54H36N2/c1-4-14-37(15-5-1)39-26-30-44(31-27-39)55-52-33-29-43(36-49(52)54-46(23-13-25-53(54)55)40-18-8-3-9-19-40)42-28-32-51-48(35-42)47-22-10-11-24-50(47)56(51)45-21-12-20-41(34-45)38-16-6-2-7-17-38/h1-36H. The summed E-state index contributed by atoms with van der Waals surface area (Å²) in [5.74, 6) is 0. The number of benzene rings is 9. The monoisotopic (exact) mass is 712 g/mol. The first-order chi connectivity index (χ1) is 27.8. The average Bonchev–Trinajstić information content (AvgIpc) is 3.80. The number of hydrogen-bond acceptors (Lipinski definition) is 0. The SMILES string of the molecule is c1ccc(-c2ccc(-n3c4ccc(-c5ccc6c(c5)c5ccccc5n6-c5cccc(-c6ccccc6)c5)cc4c4c(-c5ccccc5)cccc43)cc2)cc1. The third-order valence-corrected chi connectivity index (χ3v) is 11.3. The minimum Gasteiger partial charge on any atom is -0.309 e. The van der Waals surface area contributed by atoms with Crippen molar-refractivity contribution in [3.05, 3.63) is 218 Å². The van der Waals surface area contributed by atoms with Gasteiger partial charge in [-0.1, -0.05) is 158 Å². The molecule has 0 N–H and O–H groups in total. The molecule has 262 valence electrons. The van der Waals surface area contributed by atoms with Crippen LogP contribution in [-0.2, 0) is 0 Å². The van der Waals surface area contributed by atoms with Crippen molar-refractivity contribution in [2.24, 2.45) is 0 Å². The van der Waals surface area contributed by atoms with Crippen LogP contribution in [0.2, 0.25) is 0 Å². The predicted octanol–water partition coefficient (Wildman–Crippen LogP) is 14.5. The van der Waals surface area contributed by atoms with E-state index in [-0.39, 0.29) is 0 Å². The summed E-state index contributed by atoms with van der Waals surface area (Å²) in [6, 6.07) is 79.4. The van der Waals surface area contributed by atoms with Gasteiger partial charge in [-0.3, -0.25) is 0 Å². The second-order valence-corrected chi connectivity index (χ2v) is 14.5. The van der Waals surface area contributed by atoms with Gasteiger partial charge in [0, 0.05) is 32.9 Å². The van der Waals surface area contributed by atoms with Gasteiger partial charge in [-0.2, -0.15) is 0 Å². The molecule has 0 amide bonds.